The highest BCUT2D eigenvalue weighted by Crippen LogP contribution is 2.40. The molecule has 2 aromatic carbocycles. The van der Waals surface area contributed by atoms with E-state index in [1.54, 1.807) is 20.3 Å². The van der Waals surface area contributed by atoms with Crippen molar-refractivity contribution in [3.8, 4) is 28.4 Å². The minimum absolute atomic E-state index is 0.207. The van der Waals surface area contributed by atoms with Gasteiger partial charge >= 0.3 is 0 Å². The van der Waals surface area contributed by atoms with Crippen molar-refractivity contribution in [2.45, 2.75) is 12.8 Å². The highest BCUT2D eigenvalue weighted by Gasteiger charge is 2.19. The number of aromatic hydroxyl groups is 1. The molecule has 0 fully saturated rings. The molecule has 3 nitrogen and oxygen atoms in total. The van der Waals surface area contributed by atoms with Crippen molar-refractivity contribution in [1.29, 1.82) is 0 Å². The molecule has 98 valence electrons. The Labute approximate surface area is 112 Å². The molecular formula is C16H16O3. The first kappa shape index (κ1) is 11.9. The van der Waals surface area contributed by atoms with E-state index in [1.807, 2.05) is 12.1 Å². The van der Waals surface area contributed by atoms with E-state index in [2.05, 4.69) is 12.1 Å². The Balaban J connectivity index is 2.17. The van der Waals surface area contributed by atoms with Crippen LogP contribution in [-0.2, 0) is 12.8 Å². The van der Waals surface area contributed by atoms with Crippen LogP contribution in [-0.4, -0.2) is 19.3 Å². The van der Waals surface area contributed by atoms with Crippen molar-refractivity contribution in [3.63, 3.8) is 0 Å². The van der Waals surface area contributed by atoms with Gasteiger partial charge in [-0.05, 0) is 59.4 Å². The summed E-state index contributed by atoms with van der Waals surface area (Å²) in [6, 6.07) is 9.84. The first-order chi connectivity index (χ1) is 9.22. The third-order valence-electron chi connectivity index (χ3n) is 3.67. The summed E-state index contributed by atoms with van der Waals surface area (Å²) in [6.07, 6.45) is 1.89. The number of phenolic OH excluding ortho intramolecular Hbond substituents is 1. The molecule has 19 heavy (non-hydrogen) atoms. The van der Waals surface area contributed by atoms with E-state index in [4.69, 9.17) is 9.47 Å². The van der Waals surface area contributed by atoms with Gasteiger partial charge < -0.3 is 14.6 Å². The topological polar surface area (TPSA) is 38.7 Å². The van der Waals surface area contributed by atoms with E-state index in [0.717, 1.165) is 29.7 Å². The standard InChI is InChI=1S/C16H16O3/c1-18-12-5-6-13-10(7-12)3-4-11-8-15(17)16(19-2)9-14(11)13/h5-9,17H,3-4H2,1-2H3. The molecule has 0 aromatic heterocycles. The smallest absolute Gasteiger partial charge is 0.161 e. The van der Waals surface area contributed by atoms with Gasteiger partial charge in [-0.2, -0.15) is 0 Å². The second kappa shape index (κ2) is 4.50. The van der Waals surface area contributed by atoms with Gasteiger partial charge in [0.2, 0.25) is 0 Å². The zero-order chi connectivity index (χ0) is 13.4. The molecular weight excluding hydrogens is 240 g/mol. The Bertz CT molecular complexity index is 632. The van der Waals surface area contributed by atoms with Crippen LogP contribution in [0.15, 0.2) is 30.3 Å². The van der Waals surface area contributed by atoms with E-state index in [-0.39, 0.29) is 5.75 Å². The van der Waals surface area contributed by atoms with Gasteiger partial charge in [0.25, 0.3) is 0 Å². The molecule has 0 radical (unpaired) electrons. The van der Waals surface area contributed by atoms with Crippen LogP contribution in [0.2, 0.25) is 0 Å². The first-order valence-electron chi connectivity index (χ1n) is 6.30. The summed E-state index contributed by atoms with van der Waals surface area (Å²) in [7, 11) is 3.25. The summed E-state index contributed by atoms with van der Waals surface area (Å²) in [6.45, 7) is 0. The lowest BCUT2D eigenvalue weighted by Crippen LogP contribution is -2.04. The lowest BCUT2D eigenvalue weighted by Gasteiger charge is -2.21. The number of hydrogen-bond donors (Lipinski definition) is 1. The predicted octanol–water partition coefficient (Wildman–Crippen LogP) is 3.18. The highest BCUT2D eigenvalue weighted by molar-refractivity contribution is 5.76. The van der Waals surface area contributed by atoms with Crippen LogP contribution < -0.4 is 9.47 Å². The molecule has 0 bridgehead atoms. The number of ether oxygens (including phenoxy) is 2. The summed E-state index contributed by atoms with van der Waals surface area (Å²) < 4.78 is 10.5. The highest BCUT2D eigenvalue weighted by atomic mass is 16.5. The van der Waals surface area contributed by atoms with Crippen LogP contribution >= 0.6 is 0 Å². The molecule has 0 amide bonds. The molecule has 2 aromatic rings. The quantitative estimate of drug-likeness (QED) is 0.897. The van der Waals surface area contributed by atoms with Crippen molar-refractivity contribution in [2.75, 3.05) is 14.2 Å². The van der Waals surface area contributed by atoms with Crippen molar-refractivity contribution in [1.82, 2.24) is 0 Å². The monoisotopic (exact) mass is 256 g/mol. The molecule has 0 aliphatic heterocycles. The number of benzene rings is 2. The summed E-state index contributed by atoms with van der Waals surface area (Å²) in [5, 5.41) is 9.85. The molecule has 0 unspecified atom stereocenters. The van der Waals surface area contributed by atoms with Crippen LogP contribution in [0.3, 0.4) is 0 Å². The van der Waals surface area contributed by atoms with Crippen LogP contribution in [0.25, 0.3) is 11.1 Å². The van der Waals surface area contributed by atoms with Crippen molar-refractivity contribution < 1.29 is 14.6 Å². The SMILES string of the molecule is COc1ccc2c(c1)CCc1cc(O)c(OC)cc1-2. The summed E-state index contributed by atoms with van der Waals surface area (Å²) >= 11 is 0. The molecule has 1 aliphatic rings. The second-order valence-electron chi connectivity index (χ2n) is 4.70. The third-order valence-corrected chi connectivity index (χ3v) is 3.67. The zero-order valence-corrected chi connectivity index (χ0v) is 11.1. The molecule has 0 saturated carbocycles. The fourth-order valence-electron chi connectivity index (χ4n) is 2.67. The predicted molar refractivity (Wildman–Crippen MR) is 74.1 cm³/mol. The Morgan fingerprint density at radius 1 is 0.895 bits per heavy atom. The number of aryl methyl sites for hydroxylation is 2. The van der Waals surface area contributed by atoms with Gasteiger partial charge in [0.1, 0.15) is 5.75 Å². The number of phenols is 1. The van der Waals surface area contributed by atoms with E-state index in [1.165, 1.54) is 11.1 Å². The molecule has 3 rings (SSSR count). The van der Waals surface area contributed by atoms with Crippen LogP contribution in [0.1, 0.15) is 11.1 Å². The largest absolute Gasteiger partial charge is 0.504 e. The Hall–Kier alpha value is -2.16. The maximum atomic E-state index is 9.85. The second-order valence-corrected chi connectivity index (χ2v) is 4.70. The third kappa shape index (κ3) is 1.91. The van der Waals surface area contributed by atoms with Gasteiger partial charge in [0.05, 0.1) is 14.2 Å². The molecule has 0 spiro atoms. The minimum Gasteiger partial charge on any atom is -0.504 e. The van der Waals surface area contributed by atoms with E-state index in [0.29, 0.717) is 5.75 Å². The first-order valence-corrected chi connectivity index (χ1v) is 6.30. The van der Waals surface area contributed by atoms with Gasteiger partial charge in [-0.3, -0.25) is 0 Å². The van der Waals surface area contributed by atoms with Crippen molar-refractivity contribution >= 4 is 0 Å². The van der Waals surface area contributed by atoms with Gasteiger partial charge in [-0.25, -0.2) is 0 Å². The number of fused-ring (bicyclic) bond motifs is 3. The van der Waals surface area contributed by atoms with Crippen LogP contribution in [0, 0.1) is 0 Å². The van der Waals surface area contributed by atoms with Crippen LogP contribution in [0.4, 0.5) is 0 Å². The van der Waals surface area contributed by atoms with Crippen molar-refractivity contribution in [3.05, 3.63) is 41.5 Å². The molecule has 0 heterocycles. The van der Waals surface area contributed by atoms with Crippen molar-refractivity contribution in [2.24, 2.45) is 0 Å². The normalized spacial score (nSPS) is 12.5. The molecule has 3 heteroatoms. The minimum atomic E-state index is 0.207. The van der Waals surface area contributed by atoms with Gasteiger partial charge in [0.15, 0.2) is 11.5 Å². The maximum Gasteiger partial charge on any atom is 0.161 e. The summed E-state index contributed by atoms with van der Waals surface area (Å²) in [5.74, 6) is 1.61. The molecule has 1 aliphatic carbocycles. The zero-order valence-electron chi connectivity index (χ0n) is 11.1. The number of rotatable bonds is 2. The Kier molecular flexibility index (Phi) is 2.82. The van der Waals surface area contributed by atoms with Gasteiger partial charge in [0, 0.05) is 0 Å². The Morgan fingerprint density at radius 3 is 2.32 bits per heavy atom. The fraction of sp³-hybridized carbons (Fsp3) is 0.250. The van der Waals surface area contributed by atoms with Crippen LogP contribution in [0.5, 0.6) is 17.2 Å². The number of methoxy groups -OCH3 is 2. The van der Waals surface area contributed by atoms with E-state index < -0.39 is 0 Å². The van der Waals surface area contributed by atoms with Gasteiger partial charge in [-0.15, -0.1) is 0 Å². The average molecular weight is 256 g/mol. The Morgan fingerprint density at radius 2 is 1.63 bits per heavy atom. The van der Waals surface area contributed by atoms with Gasteiger partial charge in [-0.1, -0.05) is 6.07 Å². The van der Waals surface area contributed by atoms with E-state index in [9.17, 15) is 5.11 Å². The lowest BCUT2D eigenvalue weighted by molar-refractivity contribution is 0.373. The summed E-state index contributed by atoms with van der Waals surface area (Å²) in [4.78, 5) is 0. The molecule has 0 saturated heterocycles. The lowest BCUT2D eigenvalue weighted by atomic mass is 9.85. The van der Waals surface area contributed by atoms with E-state index >= 15 is 0 Å². The molecule has 1 N–H and O–H groups in total. The summed E-state index contributed by atoms with van der Waals surface area (Å²) in [5.41, 5.74) is 4.77. The maximum absolute atomic E-state index is 9.85. The average Bonchev–Trinajstić information content (AvgIpc) is 2.45. The number of hydrogen-bond acceptors (Lipinski definition) is 3. The fourth-order valence-corrected chi connectivity index (χ4v) is 2.67. The molecule has 0 atom stereocenters.